The van der Waals surface area contributed by atoms with Gasteiger partial charge in [0.2, 0.25) is 0 Å². The Labute approximate surface area is 157 Å². The van der Waals surface area contributed by atoms with Crippen molar-refractivity contribution in [2.24, 2.45) is 0 Å². The Hall–Kier alpha value is -0.300. The number of ether oxygens (including phenoxy) is 4. The minimum atomic E-state index is -0.319. The van der Waals surface area contributed by atoms with Crippen molar-refractivity contribution in [3.63, 3.8) is 0 Å². The quantitative estimate of drug-likeness (QED) is 0.335. The van der Waals surface area contributed by atoms with E-state index in [1.54, 1.807) is 11.8 Å². The van der Waals surface area contributed by atoms with Crippen LogP contribution < -0.4 is 0 Å². The molecule has 1 aliphatic rings. The molecule has 0 N–H and O–H groups in total. The average molecular weight is 377 g/mol. The summed E-state index contributed by atoms with van der Waals surface area (Å²) in [5.41, 5.74) is -0.319. The molecule has 1 rings (SSSR count). The van der Waals surface area contributed by atoms with E-state index in [0.29, 0.717) is 19.8 Å². The zero-order chi connectivity index (χ0) is 18.5. The topological polar surface area (TPSA) is 54.0 Å². The zero-order valence-electron chi connectivity index (χ0n) is 16.3. The number of thioether (sulfide) groups is 1. The second-order valence-corrected chi connectivity index (χ2v) is 7.80. The van der Waals surface area contributed by atoms with Crippen molar-refractivity contribution in [3.05, 3.63) is 0 Å². The molecule has 1 unspecified atom stereocenters. The van der Waals surface area contributed by atoms with Gasteiger partial charge in [0.25, 0.3) is 0 Å². The number of carbonyl (C=O) groups is 1. The van der Waals surface area contributed by atoms with Gasteiger partial charge < -0.3 is 18.9 Å². The molecule has 0 amide bonds. The third kappa shape index (κ3) is 8.76. The molecule has 1 aliphatic heterocycles. The Morgan fingerprint density at radius 1 is 0.880 bits per heavy atom. The molecule has 0 aromatic rings. The highest BCUT2D eigenvalue weighted by atomic mass is 32.2. The lowest BCUT2D eigenvalue weighted by atomic mass is 10.1. The first-order valence-corrected chi connectivity index (χ1v) is 10.7. The molecule has 0 radical (unpaired) electrons. The van der Waals surface area contributed by atoms with E-state index in [9.17, 15) is 4.79 Å². The fourth-order valence-electron chi connectivity index (χ4n) is 2.64. The summed E-state index contributed by atoms with van der Waals surface area (Å²) in [6.07, 6.45) is 6.03. The lowest BCUT2D eigenvalue weighted by Crippen LogP contribution is -2.40. The number of esters is 1. The maximum atomic E-state index is 11.5. The first kappa shape index (κ1) is 22.7. The molecule has 0 aromatic heterocycles. The van der Waals surface area contributed by atoms with E-state index < -0.39 is 0 Å². The van der Waals surface area contributed by atoms with Crippen LogP contribution in [0.1, 0.15) is 66.2 Å². The highest BCUT2D eigenvalue weighted by Crippen LogP contribution is 2.39. The van der Waals surface area contributed by atoms with Crippen LogP contribution in [0.4, 0.5) is 0 Å². The van der Waals surface area contributed by atoms with Gasteiger partial charge in [-0.25, -0.2) is 0 Å². The summed E-state index contributed by atoms with van der Waals surface area (Å²) in [4.78, 5) is 11.5. The van der Waals surface area contributed by atoms with Gasteiger partial charge in [-0.05, 0) is 19.3 Å². The maximum absolute atomic E-state index is 11.5. The predicted octanol–water partition coefficient (Wildman–Crippen LogP) is 4.18. The van der Waals surface area contributed by atoms with Crippen LogP contribution >= 0.6 is 11.8 Å². The molecule has 0 aliphatic carbocycles. The van der Waals surface area contributed by atoms with Crippen LogP contribution in [0.25, 0.3) is 0 Å². The SMILES string of the molecule is CCCCOC[C@H]1SC(OC(C)=O)[C@H](OCCCC)[C@H]1OCCCC. The maximum Gasteiger partial charge on any atom is 0.303 e. The van der Waals surface area contributed by atoms with E-state index in [2.05, 4.69) is 20.8 Å². The lowest BCUT2D eigenvalue weighted by Gasteiger charge is -2.26. The van der Waals surface area contributed by atoms with Crippen molar-refractivity contribution < 1.29 is 23.7 Å². The fourth-order valence-corrected chi connectivity index (χ4v) is 4.12. The molecule has 1 fully saturated rings. The van der Waals surface area contributed by atoms with Crippen molar-refractivity contribution >= 4 is 17.7 Å². The Morgan fingerprint density at radius 2 is 1.44 bits per heavy atom. The summed E-state index contributed by atoms with van der Waals surface area (Å²) in [6, 6.07) is 0. The van der Waals surface area contributed by atoms with E-state index in [4.69, 9.17) is 18.9 Å². The minimum absolute atomic E-state index is 0.0978. The Kier molecular flexibility index (Phi) is 12.6. The van der Waals surface area contributed by atoms with Crippen molar-refractivity contribution in [2.45, 2.75) is 89.1 Å². The number of carbonyl (C=O) groups excluding carboxylic acids is 1. The zero-order valence-corrected chi connectivity index (χ0v) is 17.1. The van der Waals surface area contributed by atoms with Gasteiger partial charge in [-0.2, -0.15) is 0 Å². The monoisotopic (exact) mass is 376 g/mol. The molecule has 0 saturated carbocycles. The van der Waals surface area contributed by atoms with Crippen LogP contribution in [-0.2, 0) is 23.7 Å². The van der Waals surface area contributed by atoms with Crippen LogP contribution in [0.5, 0.6) is 0 Å². The van der Waals surface area contributed by atoms with Crippen LogP contribution in [-0.4, -0.2) is 55.3 Å². The summed E-state index contributed by atoms with van der Waals surface area (Å²) < 4.78 is 23.6. The second-order valence-electron chi connectivity index (χ2n) is 6.46. The number of unbranched alkanes of at least 4 members (excludes halogenated alkanes) is 3. The normalized spacial score (nSPS) is 26.1. The Bertz CT molecular complexity index is 353. The minimum Gasteiger partial charge on any atom is -0.449 e. The number of rotatable bonds is 14. The fraction of sp³-hybridized carbons (Fsp3) is 0.947. The van der Waals surface area contributed by atoms with Crippen LogP contribution in [0.15, 0.2) is 0 Å². The molecule has 0 spiro atoms. The van der Waals surface area contributed by atoms with Gasteiger partial charge in [-0.15, -0.1) is 11.8 Å². The summed E-state index contributed by atoms with van der Waals surface area (Å²) in [6.45, 7) is 10.6. The molecule has 1 saturated heterocycles. The summed E-state index contributed by atoms with van der Waals surface area (Å²) in [5, 5.41) is 0.129. The molecule has 1 heterocycles. The molecule has 5 nitrogen and oxygen atoms in total. The Morgan fingerprint density at radius 3 is 2.00 bits per heavy atom. The molecule has 0 bridgehead atoms. The smallest absolute Gasteiger partial charge is 0.303 e. The second kappa shape index (κ2) is 13.8. The Balaban J connectivity index is 2.71. The molecule has 4 atom stereocenters. The summed E-state index contributed by atoms with van der Waals surface area (Å²) in [7, 11) is 0. The lowest BCUT2D eigenvalue weighted by molar-refractivity contribution is -0.153. The standard InChI is InChI=1S/C19H36O5S/c1-5-8-11-21-14-16-17(22-12-9-6-2)18(23-13-10-7-3)19(25-16)24-15(4)20/h16-19H,5-14H2,1-4H3/t16-,17+,18-,19?/m1/s1. The van der Waals surface area contributed by atoms with Gasteiger partial charge in [-0.3, -0.25) is 4.79 Å². The molecular weight excluding hydrogens is 340 g/mol. The van der Waals surface area contributed by atoms with Crippen LogP contribution in [0.2, 0.25) is 0 Å². The third-order valence-electron chi connectivity index (χ3n) is 4.09. The number of hydrogen-bond acceptors (Lipinski definition) is 6. The van der Waals surface area contributed by atoms with E-state index in [0.717, 1.165) is 45.1 Å². The molecule has 6 heteroatoms. The van der Waals surface area contributed by atoms with E-state index in [1.165, 1.54) is 6.92 Å². The summed E-state index contributed by atoms with van der Waals surface area (Å²) in [5.74, 6) is -0.276. The van der Waals surface area contributed by atoms with Crippen molar-refractivity contribution in [1.29, 1.82) is 0 Å². The van der Waals surface area contributed by atoms with Gasteiger partial charge in [0.05, 0.1) is 11.9 Å². The molecule has 0 aromatic carbocycles. The predicted molar refractivity (Wildman–Crippen MR) is 102 cm³/mol. The van der Waals surface area contributed by atoms with Gasteiger partial charge in [0.1, 0.15) is 12.2 Å². The molecule has 25 heavy (non-hydrogen) atoms. The van der Waals surface area contributed by atoms with Gasteiger partial charge in [0, 0.05) is 26.7 Å². The van der Waals surface area contributed by atoms with Crippen molar-refractivity contribution in [1.82, 2.24) is 0 Å². The molecule has 148 valence electrons. The third-order valence-corrected chi connectivity index (χ3v) is 5.48. The van der Waals surface area contributed by atoms with Gasteiger partial charge >= 0.3 is 5.97 Å². The van der Waals surface area contributed by atoms with Gasteiger partial charge in [0.15, 0.2) is 5.44 Å². The first-order valence-electron chi connectivity index (χ1n) is 9.77. The van der Waals surface area contributed by atoms with E-state index in [-0.39, 0.29) is 28.9 Å². The molecular formula is C19H36O5S. The van der Waals surface area contributed by atoms with Crippen molar-refractivity contribution in [2.75, 3.05) is 26.4 Å². The first-order chi connectivity index (χ1) is 12.1. The van der Waals surface area contributed by atoms with E-state index >= 15 is 0 Å². The highest BCUT2D eigenvalue weighted by molar-refractivity contribution is 8.00. The highest BCUT2D eigenvalue weighted by Gasteiger charge is 2.47. The van der Waals surface area contributed by atoms with Crippen molar-refractivity contribution in [3.8, 4) is 0 Å². The largest absolute Gasteiger partial charge is 0.449 e. The average Bonchev–Trinajstić information content (AvgIpc) is 2.88. The van der Waals surface area contributed by atoms with Crippen LogP contribution in [0.3, 0.4) is 0 Å². The number of hydrogen-bond donors (Lipinski definition) is 0. The summed E-state index contributed by atoms with van der Waals surface area (Å²) >= 11 is 1.61. The van der Waals surface area contributed by atoms with E-state index in [1.807, 2.05) is 0 Å². The van der Waals surface area contributed by atoms with Crippen LogP contribution in [0, 0.1) is 0 Å². The van der Waals surface area contributed by atoms with Gasteiger partial charge in [-0.1, -0.05) is 40.0 Å².